The highest BCUT2D eigenvalue weighted by molar-refractivity contribution is 6.09. The molecule has 0 fully saturated rings. The van der Waals surface area contributed by atoms with Gasteiger partial charge in [-0.1, -0.05) is 24.8 Å². The Hall–Kier alpha value is -4.01. The van der Waals surface area contributed by atoms with Crippen LogP contribution in [0.4, 0.5) is 22.0 Å². The van der Waals surface area contributed by atoms with Gasteiger partial charge in [-0.3, -0.25) is 4.79 Å². The molecule has 0 N–H and O–H groups in total. The molecule has 0 amide bonds. The highest BCUT2D eigenvalue weighted by Crippen LogP contribution is 2.35. The van der Waals surface area contributed by atoms with E-state index in [2.05, 4.69) is 6.58 Å². The summed E-state index contributed by atoms with van der Waals surface area (Å²) in [5.74, 6) is -13.1. The fourth-order valence-electron chi connectivity index (χ4n) is 2.95. The third-order valence-corrected chi connectivity index (χ3v) is 4.70. The average Bonchev–Trinajstić information content (AvgIpc) is 2.85. The Bertz CT molecular complexity index is 1190. The summed E-state index contributed by atoms with van der Waals surface area (Å²) >= 11 is 0. The van der Waals surface area contributed by atoms with Gasteiger partial charge in [-0.25, -0.2) is 26.7 Å². The lowest BCUT2D eigenvalue weighted by Gasteiger charge is -2.22. The van der Waals surface area contributed by atoms with E-state index in [0.717, 1.165) is 0 Å². The number of Topliss-reactive ketones (excluding diaryl/α,β-unsaturated/α-hetero) is 1. The first-order valence-electron chi connectivity index (χ1n) is 9.32. The molecule has 0 bridgehead atoms. The number of ether oxygens (including phenoxy) is 2. The van der Waals surface area contributed by atoms with Crippen LogP contribution >= 0.6 is 0 Å². The van der Waals surface area contributed by atoms with Gasteiger partial charge < -0.3 is 9.47 Å². The number of rotatable bonds is 7. The topological polar surface area (TPSA) is 52.6 Å². The molecule has 0 aliphatic rings. The van der Waals surface area contributed by atoms with Crippen molar-refractivity contribution >= 4 is 11.8 Å². The highest BCUT2D eigenvalue weighted by atomic mass is 19.2. The van der Waals surface area contributed by atoms with Crippen LogP contribution in [0.15, 0.2) is 66.7 Å². The Kier molecular flexibility index (Phi) is 6.91. The van der Waals surface area contributed by atoms with Crippen molar-refractivity contribution in [3.05, 3.63) is 113 Å². The molecule has 3 rings (SSSR count). The van der Waals surface area contributed by atoms with Gasteiger partial charge >= 0.3 is 5.97 Å². The van der Waals surface area contributed by atoms with Crippen LogP contribution in [-0.2, 0) is 4.74 Å². The van der Waals surface area contributed by atoms with Crippen LogP contribution in [0, 0.1) is 29.1 Å². The number of hydrogen-bond donors (Lipinski definition) is 0. The lowest BCUT2D eigenvalue weighted by atomic mass is 9.94. The molecule has 0 aliphatic heterocycles. The van der Waals surface area contributed by atoms with Crippen molar-refractivity contribution in [3.63, 3.8) is 0 Å². The molecular formula is C24H15F5O4. The second-order valence-electron chi connectivity index (χ2n) is 6.72. The SMILES string of the molecule is C=C(C(=O)c1ccc(OC)cc1)C(OC(=O)c1ccccc1)c1c(F)c(F)c(F)c(F)c1F. The van der Waals surface area contributed by atoms with E-state index in [1.807, 2.05) is 0 Å². The second kappa shape index (κ2) is 9.64. The molecule has 33 heavy (non-hydrogen) atoms. The highest BCUT2D eigenvalue weighted by Gasteiger charge is 2.36. The predicted octanol–water partition coefficient (Wildman–Crippen LogP) is 5.73. The number of carbonyl (C=O) groups is 2. The van der Waals surface area contributed by atoms with Crippen LogP contribution in [0.2, 0.25) is 0 Å². The van der Waals surface area contributed by atoms with Crippen molar-refractivity contribution in [1.82, 2.24) is 0 Å². The Morgan fingerprint density at radius 3 is 1.79 bits per heavy atom. The summed E-state index contributed by atoms with van der Waals surface area (Å²) in [4.78, 5) is 25.4. The van der Waals surface area contributed by atoms with Gasteiger partial charge in [0.1, 0.15) is 5.75 Å². The van der Waals surface area contributed by atoms with Crippen LogP contribution in [0.25, 0.3) is 0 Å². The number of methoxy groups -OCH3 is 1. The minimum absolute atomic E-state index is 0.0505. The van der Waals surface area contributed by atoms with E-state index in [4.69, 9.17) is 9.47 Å². The van der Waals surface area contributed by atoms with Gasteiger partial charge in [-0.2, -0.15) is 0 Å². The van der Waals surface area contributed by atoms with Crippen molar-refractivity contribution in [2.24, 2.45) is 0 Å². The number of hydrogen-bond acceptors (Lipinski definition) is 4. The van der Waals surface area contributed by atoms with E-state index in [9.17, 15) is 31.5 Å². The predicted molar refractivity (Wildman–Crippen MR) is 107 cm³/mol. The van der Waals surface area contributed by atoms with Crippen LogP contribution in [0.1, 0.15) is 32.4 Å². The lowest BCUT2D eigenvalue weighted by molar-refractivity contribution is 0.0351. The van der Waals surface area contributed by atoms with E-state index >= 15 is 0 Å². The zero-order chi connectivity index (χ0) is 24.3. The monoisotopic (exact) mass is 462 g/mol. The number of benzene rings is 3. The zero-order valence-corrected chi connectivity index (χ0v) is 17.0. The maximum absolute atomic E-state index is 14.5. The molecule has 0 saturated carbocycles. The molecule has 0 saturated heterocycles. The van der Waals surface area contributed by atoms with E-state index < -0.39 is 58.1 Å². The largest absolute Gasteiger partial charge is 0.497 e. The van der Waals surface area contributed by atoms with E-state index in [1.165, 1.54) is 55.6 Å². The lowest BCUT2D eigenvalue weighted by Crippen LogP contribution is -2.22. The van der Waals surface area contributed by atoms with E-state index in [-0.39, 0.29) is 11.1 Å². The molecule has 0 spiro atoms. The van der Waals surface area contributed by atoms with Crippen LogP contribution in [-0.4, -0.2) is 18.9 Å². The second-order valence-corrected chi connectivity index (χ2v) is 6.72. The Balaban J connectivity index is 2.10. The van der Waals surface area contributed by atoms with Crippen LogP contribution in [0.5, 0.6) is 5.75 Å². The van der Waals surface area contributed by atoms with Crippen LogP contribution < -0.4 is 4.74 Å². The Morgan fingerprint density at radius 2 is 1.27 bits per heavy atom. The first-order chi connectivity index (χ1) is 15.7. The van der Waals surface area contributed by atoms with Crippen molar-refractivity contribution in [2.45, 2.75) is 6.10 Å². The van der Waals surface area contributed by atoms with Gasteiger partial charge in [0.25, 0.3) is 0 Å². The summed E-state index contributed by atoms with van der Waals surface area (Å²) in [6, 6.07) is 12.5. The van der Waals surface area contributed by atoms with Crippen molar-refractivity contribution in [1.29, 1.82) is 0 Å². The standard InChI is InChI=1S/C24H15F5O4/c1-12(22(30)13-8-10-15(32-2)11-9-13)23(33-24(31)14-6-4-3-5-7-14)16-17(25)19(27)21(29)20(28)18(16)26/h3-11,23H,1H2,2H3. The summed E-state index contributed by atoms with van der Waals surface area (Å²) in [5, 5.41) is 0. The van der Waals surface area contributed by atoms with Gasteiger partial charge in [0, 0.05) is 11.1 Å². The summed E-state index contributed by atoms with van der Waals surface area (Å²) in [7, 11) is 1.39. The third-order valence-electron chi connectivity index (χ3n) is 4.70. The molecule has 0 aliphatic carbocycles. The molecule has 4 nitrogen and oxygen atoms in total. The van der Waals surface area contributed by atoms with Gasteiger partial charge in [-0.05, 0) is 36.4 Å². The number of esters is 1. The minimum atomic E-state index is -2.39. The maximum Gasteiger partial charge on any atom is 0.339 e. The van der Waals surface area contributed by atoms with E-state index in [1.54, 1.807) is 6.07 Å². The number of ketones is 1. The molecule has 0 heterocycles. The minimum Gasteiger partial charge on any atom is -0.497 e. The molecule has 1 atom stereocenters. The molecule has 3 aromatic rings. The van der Waals surface area contributed by atoms with Gasteiger partial charge in [0.05, 0.1) is 18.2 Å². The van der Waals surface area contributed by atoms with E-state index in [0.29, 0.717) is 5.75 Å². The van der Waals surface area contributed by atoms with Gasteiger partial charge in [-0.15, -0.1) is 0 Å². The van der Waals surface area contributed by atoms with Gasteiger partial charge in [0.15, 0.2) is 35.2 Å². The molecule has 1 unspecified atom stereocenters. The molecular weight excluding hydrogens is 447 g/mol. The maximum atomic E-state index is 14.5. The average molecular weight is 462 g/mol. The molecule has 3 aromatic carbocycles. The van der Waals surface area contributed by atoms with Crippen molar-refractivity contribution in [3.8, 4) is 5.75 Å². The molecule has 9 heteroatoms. The first kappa shape index (κ1) is 23.6. The molecule has 0 aromatic heterocycles. The Morgan fingerprint density at radius 1 is 0.758 bits per heavy atom. The van der Waals surface area contributed by atoms with Crippen molar-refractivity contribution in [2.75, 3.05) is 7.11 Å². The van der Waals surface area contributed by atoms with Gasteiger partial charge in [0.2, 0.25) is 5.82 Å². The fourth-order valence-corrected chi connectivity index (χ4v) is 2.95. The third kappa shape index (κ3) is 4.62. The Labute approximate surface area is 184 Å². The smallest absolute Gasteiger partial charge is 0.339 e. The van der Waals surface area contributed by atoms with Crippen molar-refractivity contribution < 1.29 is 41.0 Å². The normalized spacial score (nSPS) is 11.6. The summed E-state index contributed by atoms with van der Waals surface area (Å²) in [5.41, 5.74) is -2.38. The molecule has 170 valence electrons. The first-order valence-corrected chi connectivity index (χ1v) is 9.32. The zero-order valence-electron chi connectivity index (χ0n) is 17.0. The number of halogens is 5. The quantitative estimate of drug-likeness (QED) is 0.112. The fraction of sp³-hybridized carbons (Fsp3) is 0.0833. The molecule has 0 radical (unpaired) electrons. The summed E-state index contributed by atoms with van der Waals surface area (Å²) in [6.45, 7) is 3.43. The number of carbonyl (C=O) groups excluding carboxylic acids is 2. The van der Waals surface area contributed by atoms with Crippen LogP contribution in [0.3, 0.4) is 0 Å². The summed E-state index contributed by atoms with van der Waals surface area (Å²) in [6.07, 6.45) is -2.31. The summed E-state index contributed by atoms with van der Waals surface area (Å²) < 4.78 is 80.4.